The van der Waals surface area contributed by atoms with Crippen molar-refractivity contribution in [2.75, 3.05) is 19.6 Å². The summed E-state index contributed by atoms with van der Waals surface area (Å²) in [6.07, 6.45) is 6.05. The Morgan fingerprint density at radius 2 is 2.39 bits per heavy atom. The van der Waals surface area contributed by atoms with E-state index < -0.39 is 0 Å². The predicted molar refractivity (Wildman–Crippen MR) is 74.3 cm³/mol. The number of hydrogen-bond acceptors (Lipinski definition) is 3. The zero-order chi connectivity index (χ0) is 12.4. The van der Waals surface area contributed by atoms with Crippen LogP contribution in [0.25, 0.3) is 0 Å². The molecule has 1 atom stereocenters. The van der Waals surface area contributed by atoms with Gasteiger partial charge in [0.05, 0.1) is 4.88 Å². The summed E-state index contributed by atoms with van der Waals surface area (Å²) in [7, 11) is 0. The fourth-order valence-electron chi connectivity index (χ4n) is 2.86. The molecule has 1 unspecified atom stereocenters. The molecule has 1 fully saturated rings. The van der Waals surface area contributed by atoms with Crippen LogP contribution in [-0.4, -0.2) is 25.5 Å². The lowest BCUT2D eigenvalue weighted by Crippen LogP contribution is -2.37. The molecule has 0 bridgehead atoms. The van der Waals surface area contributed by atoms with Gasteiger partial charge in [0.25, 0.3) is 5.91 Å². The zero-order valence-electron chi connectivity index (χ0n) is 10.6. The van der Waals surface area contributed by atoms with Crippen LogP contribution in [-0.2, 0) is 12.8 Å². The van der Waals surface area contributed by atoms with Crippen molar-refractivity contribution in [3.05, 3.63) is 21.4 Å². The first-order valence-corrected chi connectivity index (χ1v) is 7.75. The van der Waals surface area contributed by atoms with Gasteiger partial charge in [-0.3, -0.25) is 4.79 Å². The highest BCUT2D eigenvalue weighted by Crippen LogP contribution is 2.30. The van der Waals surface area contributed by atoms with Crippen molar-refractivity contribution in [3.63, 3.8) is 0 Å². The number of aryl methyl sites for hydroxylation is 2. The molecule has 1 aliphatic heterocycles. The van der Waals surface area contributed by atoms with Crippen molar-refractivity contribution in [2.45, 2.75) is 32.1 Å². The summed E-state index contributed by atoms with van der Waals surface area (Å²) in [6.45, 7) is 2.98. The van der Waals surface area contributed by atoms with Crippen LogP contribution < -0.4 is 10.6 Å². The molecular weight excluding hydrogens is 244 g/mol. The van der Waals surface area contributed by atoms with Crippen molar-refractivity contribution in [2.24, 2.45) is 5.92 Å². The minimum Gasteiger partial charge on any atom is -0.351 e. The molecule has 2 aliphatic rings. The molecule has 0 radical (unpaired) electrons. The molecule has 3 rings (SSSR count). The van der Waals surface area contributed by atoms with E-state index in [1.165, 1.54) is 36.1 Å². The number of rotatable bonds is 3. The third-order valence-electron chi connectivity index (χ3n) is 3.92. The summed E-state index contributed by atoms with van der Waals surface area (Å²) in [4.78, 5) is 14.4. The lowest BCUT2D eigenvalue weighted by atomic mass is 10.00. The Kier molecular flexibility index (Phi) is 3.66. The Balaban J connectivity index is 1.54. The number of piperidine rings is 1. The lowest BCUT2D eigenvalue weighted by Gasteiger charge is -2.22. The fraction of sp³-hybridized carbons (Fsp3) is 0.643. The summed E-state index contributed by atoms with van der Waals surface area (Å²) in [5, 5.41) is 6.47. The number of nitrogens with one attached hydrogen (secondary N) is 2. The molecule has 3 nitrogen and oxygen atoms in total. The second-order valence-corrected chi connectivity index (χ2v) is 6.47. The van der Waals surface area contributed by atoms with Crippen LogP contribution in [0.2, 0.25) is 0 Å². The van der Waals surface area contributed by atoms with E-state index in [-0.39, 0.29) is 5.91 Å². The topological polar surface area (TPSA) is 41.1 Å². The van der Waals surface area contributed by atoms with Crippen LogP contribution in [0.5, 0.6) is 0 Å². The molecule has 0 spiro atoms. The highest BCUT2D eigenvalue weighted by Gasteiger charge is 2.19. The minimum absolute atomic E-state index is 0.125. The van der Waals surface area contributed by atoms with E-state index in [2.05, 4.69) is 16.7 Å². The number of hydrogen-bond donors (Lipinski definition) is 2. The normalized spacial score (nSPS) is 22.8. The maximum Gasteiger partial charge on any atom is 0.261 e. The van der Waals surface area contributed by atoms with Gasteiger partial charge in [0.1, 0.15) is 0 Å². The van der Waals surface area contributed by atoms with Crippen molar-refractivity contribution in [1.82, 2.24) is 10.6 Å². The van der Waals surface area contributed by atoms with Crippen LogP contribution in [0.4, 0.5) is 0 Å². The third kappa shape index (κ3) is 2.59. The fourth-order valence-corrected chi connectivity index (χ4v) is 4.03. The standard InChI is InChI=1S/C14H20N2OS/c17-14(16-9-10-3-2-6-15-8-10)13-7-11-4-1-5-12(11)18-13/h7,10,15H,1-6,8-9H2,(H,16,17). The van der Waals surface area contributed by atoms with E-state index in [1.807, 2.05) is 0 Å². The van der Waals surface area contributed by atoms with Gasteiger partial charge in [-0.05, 0) is 62.7 Å². The van der Waals surface area contributed by atoms with Gasteiger partial charge < -0.3 is 10.6 Å². The first kappa shape index (κ1) is 12.2. The first-order chi connectivity index (χ1) is 8.83. The van der Waals surface area contributed by atoms with Crippen molar-refractivity contribution >= 4 is 17.2 Å². The number of carbonyl (C=O) groups is 1. The van der Waals surface area contributed by atoms with E-state index in [0.717, 1.165) is 30.9 Å². The number of amides is 1. The smallest absolute Gasteiger partial charge is 0.261 e. The molecule has 0 aromatic carbocycles. The molecule has 1 amide bonds. The van der Waals surface area contributed by atoms with E-state index in [4.69, 9.17) is 0 Å². The van der Waals surface area contributed by atoms with Crippen LogP contribution in [0, 0.1) is 5.92 Å². The van der Waals surface area contributed by atoms with Gasteiger partial charge in [-0.25, -0.2) is 0 Å². The summed E-state index contributed by atoms with van der Waals surface area (Å²) >= 11 is 1.69. The minimum atomic E-state index is 0.125. The summed E-state index contributed by atoms with van der Waals surface area (Å²) < 4.78 is 0. The van der Waals surface area contributed by atoms with Gasteiger partial charge in [-0.15, -0.1) is 11.3 Å². The molecule has 1 aliphatic carbocycles. The molecule has 4 heteroatoms. The second-order valence-electron chi connectivity index (χ2n) is 5.34. The number of fused-ring (bicyclic) bond motifs is 1. The van der Waals surface area contributed by atoms with Gasteiger partial charge in [0.15, 0.2) is 0 Å². The SMILES string of the molecule is O=C(NCC1CCCNC1)c1cc2c(s1)CCC2. The van der Waals surface area contributed by atoms with E-state index in [1.54, 1.807) is 11.3 Å². The van der Waals surface area contributed by atoms with Gasteiger partial charge >= 0.3 is 0 Å². The Hall–Kier alpha value is -0.870. The molecule has 0 saturated carbocycles. The Morgan fingerprint density at radius 3 is 3.17 bits per heavy atom. The van der Waals surface area contributed by atoms with Crippen molar-refractivity contribution in [1.29, 1.82) is 0 Å². The highest BCUT2D eigenvalue weighted by molar-refractivity contribution is 7.14. The van der Waals surface area contributed by atoms with Gasteiger partial charge in [0, 0.05) is 11.4 Å². The molecule has 2 N–H and O–H groups in total. The van der Waals surface area contributed by atoms with E-state index >= 15 is 0 Å². The largest absolute Gasteiger partial charge is 0.351 e. The molecule has 18 heavy (non-hydrogen) atoms. The lowest BCUT2D eigenvalue weighted by molar-refractivity contribution is 0.0949. The van der Waals surface area contributed by atoms with E-state index in [9.17, 15) is 4.79 Å². The van der Waals surface area contributed by atoms with Crippen LogP contribution >= 0.6 is 11.3 Å². The molecule has 98 valence electrons. The molecule has 1 saturated heterocycles. The highest BCUT2D eigenvalue weighted by atomic mass is 32.1. The van der Waals surface area contributed by atoms with Crippen LogP contribution in [0.3, 0.4) is 0 Å². The quantitative estimate of drug-likeness (QED) is 0.876. The predicted octanol–water partition coefficient (Wildman–Crippen LogP) is 1.97. The maximum absolute atomic E-state index is 12.1. The van der Waals surface area contributed by atoms with Gasteiger partial charge in [-0.1, -0.05) is 0 Å². The summed E-state index contributed by atoms with van der Waals surface area (Å²) in [6, 6.07) is 2.10. The summed E-state index contributed by atoms with van der Waals surface area (Å²) in [5.41, 5.74) is 1.41. The van der Waals surface area contributed by atoms with Gasteiger partial charge in [-0.2, -0.15) is 0 Å². The Morgan fingerprint density at radius 1 is 1.44 bits per heavy atom. The maximum atomic E-state index is 12.1. The van der Waals surface area contributed by atoms with Crippen molar-refractivity contribution in [3.8, 4) is 0 Å². The van der Waals surface area contributed by atoms with Crippen molar-refractivity contribution < 1.29 is 4.79 Å². The van der Waals surface area contributed by atoms with Crippen LogP contribution in [0.15, 0.2) is 6.07 Å². The number of thiophene rings is 1. The molecular formula is C14H20N2OS. The first-order valence-electron chi connectivity index (χ1n) is 6.93. The Labute approximate surface area is 112 Å². The summed E-state index contributed by atoms with van der Waals surface area (Å²) in [5.74, 6) is 0.731. The third-order valence-corrected chi connectivity index (χ3v) is 5.16. The number of carbonyl (C=O) groups excluding carboxylic acids is 1. The molecule has 1 aromatic rings. The van der Waals surface area contributed by atoms with Gasteiger partial charge in [0.2, 0.25) is 0 Å². The molecule has 2 heterocycles. The molecule has 1 aromatic heterocycles. The zero-order valence-corrected chi connectivity index (χ0v) is 11.4. The second kappa shape index (κ2) is 5.41. The van der Waals surface area contributed by atoms with E-state index in [0.29, 0.717) is 5.92 Å². The Bertz CT molecular complexity index is 414. The monoisotopic (exact) mass is 264 g/mol. The average Bonchev–Trinajstić information content (AvgIpc) is 2.98. The average molecular weight is 264 g/mol. The van der Waals surface area contributed by atoms with Crippen LogP contribution in [0.1, 0.15) is 39.4 Å².